The van der Waals surface area contributed by atoms with Gasteiger partial charge < -0.3 is 14.5 Å². The summed E-state index contributed by atoms with van der Waals surface area (Å²) in [6.07, 6.45) is 0. The molecule has 1 aliphatic heterocycles. The smallest absolute Gasteiger partial charge is 0.273 e. The predicted molar refractivity (Wildman–Crippen MR) is 130 cm³/mol. The van der Waals surface area contributed by atoms with E-state index in [-0.39, 0.29) is 18.4 Å². The lowest BCUT2D eigenvalue weighted by molar-refractivity contribution is -0.121. The molecule has 33 heavy (non-hydrogen) atoms. The molecule has 0 unspecified atom stereocenters. The fraction of sp³-hybridized carbons (Fsp3) is 0.320. The van der Waals surface area contributed by atoms with E-state index in [9.17, 15) is 9.59 Å². The van der Waals surface area contributed by atoms with Crippen molar-refractivity contribution < 1.29 is 14.3 Å². The summed E-state index contributed by atoms with van der Waals surface area (Å²) >= 11 is 1.40. The second-order valence-electron chi connectivity index (χ2n) is 8.38. The number of carbonyl (C=O) groups excluding carboxylic acids is 2. The zero-order valence-electron chi connectivity index (χ0n) is 19.2. The van der Waals surface area contributed by atoms with Gasteiger partial charge in [-0.2, -0.15) is 0 Å². The van der Waals surface area contributed by atoms with E-state index in [0.29, 0.717) is 36.1 Å². The SMILES string of the molecule is Cc1ccc2c(c1)OCC(=O)N2Cc1nc(C(=O)N(CCN(C)C)Cc2ccccc2)cs1. The van der Waals surface area contributed by atoms with E-state index in [1.807, 2.05) is 74.4 Å². The topological polar surface area (TPSA) is 66.0 Å². The molecule has 0 N–H and O–H groups in total. The van der Waals surface area contributed by atoms with Gasteiger partial charge in [0.05, 0.1) is 12.2 Å². The van der Waals surface area contributed by atoms with Crippen LogP contribution in [0.2, 0.25) is 0 Å². The highest BCUT2D eigenvalue weighted by Crippen LogP contribution is 2.34. The zero-order valence-corrected chi connectivity index (χ0v) is 20.0. The molecule has 0 bridgehead atoms. The van der Waals surface area contributed by atoms with Crippen LogP contribution in [0.15, 0.2) is 53.9 Å². The van der Waals surface area contributed by atoms with Gasteiger partial charge >= 0.3 is 0 Å². The van der Waals surface area contributed by atoms with Gasteiger partial charge in [0.1, 0.15) is 16.5 Å². The highest BCUT2D eigenvalue weighted by molar-refractivity contribution is 7.09. The number of nitrogens with zero attached hydrogens (tertiary/aromatic N) is 4. The number of carbonyl (C=O) groups is 2. The first-order valence-electron chi connectivity index (χ1n) is 10.9. The minimum absolute atomic E-state index is 0.00298. The van der Waals surface area contributed by atoms with Crippen molar-refractivity contribution in [3.05, 3.63) is 75.7 Å². The molecule has 1 aliphatic rings. The Bertz CT molecular complexity index is 1130. The maximum Gasteiger partial charge on any atom is 0.273 e. The van der Waals surface area contributed by atoms with Crippen molar-refractivity contribution in [2.24, 2.45) is 0 Å². The van der Waals surface area contributed by atoms with E-state index in [1.165, 1.54) is 11.3 Å². The van der Waals surface area contributed by atoms with Gasteiger partial charge in [0.25, 0.3) is 11.8 Å². The first kappa shape index (κ1) is 22.9. The van der Waals surface area contributed by atoms with Gasteiger partial charge in [0, 0.05) is 25.0 Å². The molecule has 3 aromatic rings. The number of aryl methyl sites for hydroxylation is 1. The van der Waals surface area contributed by atoms with Crippen molar-refractivity contribution in [2.45, 2.75) is 20.0 Å². The van der Waals surface area contributed by atoms with Crippen molar-refractivity contribution in [1.82, 2.24) is 14.8 Å². The number of thiazole rings is 1. The highest BCUT2D eigenvalue weighted by atomic mass is 32.1. The third-order valence-corrected chi connectivity index (χ3v) is 6.28. The van der Waals surface area contributed by atoms with Crippen LogP contribution < -0.4 is 9.64 Å². The third kappa shape index (κ3) is 5.58. The van der Waals surface area contributed by atoms with E-state index in [0.717, 1.165) is 23.4 Å². The van der Waals surface area contributed by atoms with E-state index in [4.69, 9.17) is 4.74 Å². The van der Waals surface area contributed by atoms with Gasteiger partial charge in [-0.15, -0.1) is 11.3 Å². The van der Waals surface area contributed by atoms with Crippen LogP contribution in [0, 0.1) is 6.92 Å². The summed E-state index contributed by atoms with van der Waals surface area (Å²) in [6, 6.07) is 15.7. The van der Waals surface area contributed by atoms with E-state index in [2.05, 4.69) is 9.88 Å². The van der Waals surface area contributed by atoms with E-state index < -0.39 is 0 Å². The second kappa shape index (κ2) is 10.1. The Morgan fingerprint density at radius 1 is 1.15 bits per heavy atom. The first-order chi connectivity index (χ1) is 15.9. The number of rotatable bonds is 8. The number of likely N-dealkylation sites (N-methyl/N-ethyl adjacent to an activating group) is 1. The van der Waals surface area contributed by atoms with Crippen LogP contribution in [0.1, 0.15) is 26.6 Å². The summed E-state index contributed by atoms with van der Waals surface area (Å²) in [5.41, 5.74) is 3.29. The lowest BCUT2D eigenvalue weighted by Gasteiger charge is -2.29. The molecule has 0 radical (unpaired) electrons. The fourth-order valence-electron chi connectivity index (χ4n) is 3.64. The second-order valence-corrected chi connectivity index (χ2v) is 9.32. The number of ether oxygens (including phenoxy) is 1. The Morgan fingerprint density at radius 3 is 2.70 bits per heavy atom. The Labute approximate surface area is 198 Å². The average Bonchev–Trinajstić information content (AvgIpc) is 3.27. The molecule has 172 valence electrons. The standard InChI is InChI=1S/C25H28N4O3S/c1-18-9-10-21-22(13-18)32-16-24(30)29(21)15-23-26-20(17-33-23)25(31)28(12-11-27(2)3)14-19-7-5-4-6-8-19/h4-10,13,17H,11-12,14-16H2,1-3H3. The van der Waals surface area contributed by atoms with Gasteiger partial charge in [0.2, 0.25) is 0 Å². The van der Waals surface area contributed by atoms with Gasteiger partial charge in [-0.05, 0) is 44.3 Å². The number of anilines is 1. The predicted octanol–water partition coefficient (Wildman–Crippen LogP) is 3.58. The lowest BCUT2D eigenvalue weighted by atomic mass is 10.1. The summed E-state index contributed by atoms with van der Waals surface area (Å²) < 4.78 is 5.59. The summed E-state index contributed by atoms with van der Waals surface area (Å²) in [5.74, 6) is 0.471. The van der Waals surface area contributed by atoms with Crippen molar-refractivity contribution in [3.8, 4) is 5.75 Å². The Balaban J connectivity index is 1.51. The molecule has 7 nitrogen and oxygen atoms in total. The van der Waals surface area contributed by atoms with Crippen molar-refractivity contribution in [1.29, 1.82) is 0 Å². The maximum atomic E-state index is 13.3. The molecule has 2 amide bonds. The zero-order chi connectivity index (χ0) is 23.4. The van der Waals surface area contributed by atoms with Crippen LogP contribution in [0.25, 0.3) is 0 Å². The molecule has 0 saturated carbocycles. The molecule has 2 heterocycles. The number of hydrogen-bond acceptors (Lipinski definition) is 6. The van der Waals surface area contributed by atoms with Gasteiger partial charge in [-0.1, -0.05) is 36.4 Å². The molecule has 1 aromatic heterocycles. The van der Waals surface area contributed by atoms with Crippen LogP contribution >= 0.6 is 11.3 Å². The molecule has 4 rings (SSSR count). The first-order valence-corrected chi connectivity index (χ1v) is 11.7. The maximum absolute atomic E-state index is 13.3. The van der Waals surface area contributed by atoms with Crippen molar-refractivity contribution in [2.75, 3.05) is 38.7 Å². The highest BCUT2D eigenvalue weighted by Gasteiger charge is 2.27. The van der Waals surface area contributed by atoms with Gasteiger partial charge in [-0.3, -0.25) is 14.5 Å². The minimum Gasteiger partial charge on any atom is -0.482 e. The van der Waals surface area contributed by atoms with Crippen LogP contribution in [0.5, 0.6) is 5.75 Å². The minimum atomic E-state index is -0.119. The summed E-state index contributed by atoms with van der Waals surface area (Å²) in [7, 11) is 3.98. The fourth-order valence-corrected chi connectivity index (χ4v) is 4.40. The molecule has 2 aromatic carbocycles. The lowest BCUT2D eigenvalue weighted by Crippen LogP contribution is -2.38. The summed E-state index contributed by atoms with van der Waals surface area (Å²) in [4.78, 5) is 36.0. The summed E-state index contributed by atoms with van der Waals surface area (Å²) in [5, 5.41) is 2.50. The van der Waals surface area contributed by atoms with Crippen LogP contribution in [-0.4, -0.2) is 60.4 Å². The molecule has 0 spiro atoms. The largest absolute Gasteiger partial charge is 0.482 e. The molecular formula is C25H28N4O3S. The monoisotopic (exact) mass is 464 g/mol. The van der Waals surface area contributed by atoms with E-state index >= 15 is 0 Å². The van der Waals surface area contributed by atoms with Crippen LogP contribution in [-0.2, 0) is 17.9 Å². The Kier molecular flexibility index (Phi) is 7.05. The molecule has 0 aliphatic carbocycles. The van der Waals surface area contributed by atoms with Crippen molar-refractivity contribution in [3.63, 3.8) is 0 Å². The van der Waals surface area contributed by atoms with Gasteiger partial charge in [-0.25, -0.2) is 4.98 Å². The van der Waals surface area contributed by atoms with Crippen LogP contribution in [0.4, 0.5) is 5.69 Å². The molecular weight excluding hydrogens is 436 g/mol. The van der Waals surface area contributed by atoms with Crippen molar-refractivity contribution >= 4 is 28.8 Å². The quantitative estimate of drug-likeness (QED) is 0.510. The van der Waals surface area contributed by atoms with E-state index in [1.54, 1.807) is 10.3 Å². The number of hydrogen-bond donors (Lipinski definition) is 0. The number of amides is 2. The molecule has 8 heteroatoms. The Morgan fingerprint density at radius 2 is 1.94 bits per heavy atom. The van der Waals surface area contributed by atoms with Gasteiger partial charge in [0.15, 0.2) is 6.61 Å². The number of aromatic nitrogens is 1. The number of benzene rings is 2. The molecule has 0 fully saturated rings. The third-order valence-electron chi connectivity index (χ3n) is 5.44. The summed E-state index contributed by atoms with van der Waals surface area (Å²) in [6.45, 7) is 4.18. The normalized spacial score (nSPS) is 13.1. The Hall–Kier alpha value is -3.23. The average molecular weight is 465 g/mol. The van der Waals surface area contributed by atoms with Crippen LogP contribution in [0.3, 0.4) is 0 Å². The molecule has 0 atom stereocenters. The number of fused-ring (bicyclic) bond motifs is 1. The molecule has 0 saturated heterocycles.